The lowest BCUT2D eigenvalue weighted by atomic mass is 9.85. The molecule has 2 amide bonds. The molecule has 2 bridgehead atoms. The third-order valence-corrected chi connectivity index (χ3v) is 11.0. The SMILES string of the molecule is CCCN1C(=O)c2ccccc2C(=O)[N+]23C(C4CCCCC4)=NN=C2C1(C(=O)O)N=C(c1ccccc1Cl)c1cc(CC)sc13. The van der Waals surface area contributed by atoms with Gasteiger partial charge in [-0.15, -0.1) is 4.48 Å². The molecule has 1 N–H and O–H groups in total. The average Bonchev–Trinajstić information content (AvgIpc) is 3.65. The molecule has 4 heterocycles. The molecular formula is C34H33ClN5O4S+. The molecule has 2 atom stereocenters. The van der Waals surface area contributed by atoms with E-state index in [2.05, 4.69) is 5.10 Å². The van der Waals surface area contributed by atoms with Crippen LogP contribution in [0.2, 0.25) is 5.02 Å². The van der Waals surface area contributed by atoms with Crippen LogP contribution < -0.4 is 4.48 Å². The summed E-state index contributed by atoms with van der Waals surface area (Å²) in [6.45, 7) is 3.97. The van der Waals surface area contributed by atoms with Crippen molar-refractivity contribution in [3.05, 3.63) is 86.8 Å². The Balaban J connectivity index is 1.70. The minimum atomic E-state index is -2.39. The van der Waals surface area contributed by atoms with Crippen molar-refractivity contribution in [1.82, 2.24) is 9.38 Å². The molecule has 45 heavy (non-hydrogen) atoms. The van der Waals surface area contributed by atoms with E-state index in [4.69, 9.17) is 21.7 Å². The number of nitrogens with zero attached hydrogens (tertiary/aromatic N) is 5. The van der Waals surface area contributed by atoms with Gasteiger partial charge in [-0.3, -0.25) is 9.69 Å². The highest BCUT2D eigenvalue weighted by Crippen LogP contribution is 2.51. The van der Waals surface area contributed by atoms with Crippen molar-refractivity contribution in [3.8, 4) is 0 Å². The summed E-state index contributed by atoms with van der Waals surface area (Å²) in [5.74, 6) is -2.15. The summed E-state index contributed by atoms with van der Waals surface area (Å²) >= 11 is 8.26. The van der Waals surface area contributed by atoms with Crippen LogP contribution in [-0.2, 0) is 11.2 Å². The lowest BCUT2D eigenvalue weighted by Gasteiger charge is -2.43. The van der Waals surface area contributed by atoms with Gasteiger partial charge in [0.2, 0.25) is 10.8 Å². The summed E-state index contributed by atoms with van der Waals surface area (Å²) in [5, 5.41) is 21.8. The van der Waals surface area contributed by atoms with E-state index in [1.807, 2.05) is 26.0 Å². The maximum atomic E-state index is 15.5. The van der Waals surface area contributed by atoms with E-state index in [1.165, 1.54) is 16.2 Å². The topological polar surface area (TPSA) is 112 Å². The van der Waals surface area contributed by atoms with Crippen molar-refractivity contribution >= 4 is 63.1 Å². The smallest absolute Gasteiger partial charge is 0.365 e. The highest BCUT2D eigenvalue weighted by molar-refractivity contribution is 7.17. The summed E-state index contributed by atoms with van der Waals surface area (Å²) in [6.07, 6.45) is 5.74. The van der Waals surface area contributed by atoms with E-state index in [0.717, 1.165) is 37.0 Å². The molecular weight excluding hydrogens is 610 g/mol. The molecule has 230 valence electrons. The number of carboxylic acids is 1. The van der Waals surface area contributed by atoms with Gasteiger partial charge in [0.15, 0.2) is 0 Å². The Labute approximate surface area is 270 Å². The normalized spacial score (nSPS) is 24.4. The number of hydrogen-bond acceptors (Lipinski definition) is 7. The number of carboxylic acid groups (broad SMARTS) is 1. The van der Waals surface area contributed by atoms with Gasteiger partial charge in [0.05, 0.1) is 28.3 Å². The van der Waals surface area contributed by atoms with Crippen molar-refractivity contribution in [2.45, 2.75) is 64.5 Å². The molecule has 9 nitrogen and oxygen atoms in total. The fourth-order valence-electron chi connectivity index (χ4n) is 7.26. The molecule has 4 aliphatic rings. The lowest BCUT2D eigenvalue weighted by Crippen LogP contribution is -2.75. The number of benzene rings is 2. The Hall–Kier alpha value is -3.99. The number of hydrogen-bond donors (Lipinski definition) is 1. The van der Waals surface area contributed by atoms with Gasteiger partial charge in [-0.2, -0.15) is 0 Å². The number of aliphatic imine (C=N–C) groups is 1. The maximum absolute atomic E-state index is 15.5. The number of fused-ring (bicyclic) bond motifs is 2. The minimum absolute atomic E-state index is 0.0542. The Morgan fingerprint density at radius 2 is 1.69 bits per heavy atom. The highest BCUT2D eigenvalue weighted by atomic mass is 35.5. The molecule has 1 saturated carbocycles. The quantitative estimate of drug-likeness (QED) is 0.294. The van der Waals surface area contributed by atoms with E-state index in [-0.39, 0.29) is 29.4 Å². The summed E-state index contributed by atoms with van der Waals surface area (Å²) in [5.41, 5.74) is -0.634. The largest absolute Gasteiger partial charge is 0.478 e. The van der Waals surface area contributed by atoms with E-state index in [1.54, 1.807) is 42.5 Å². The number of amides is 2. The van der Waals surface area contributed by atoms with Crippen LogP contribution in [0.25, 0.3) is 0 Å². The van der Waals surface area contributed by atoms with Gasteiger partial charge in [-0.05, 0) is 49.9 Å². The van der Waals surface area contributed by atoms with Crippen LogP contribution in [0.15, 0.2) is 69.8 Å². The van der Waals surface area contributed by atoms with Gasteiger partial charge in [0, 0.05) is 22.0 Å². The number of quaternary nitrogens is 1. The molecule has 1 fully saturated rings. The average molecular weight is 643 g/mol. The van der Waals surface area contributed by atoms with Crippen molar-refractivity contribution < 1.29 is 19.5 Å². The number of carbonyl (C=O) groups excluding carboxylic acids is 2. The molecule has 0 spiro atoms. The molecule has 3 aromatic rings. The van der Waals surface area contributed by atoms with Crippen molar-refractivity contribution in [2.24, 2.45) is 21.1 Å². The highest BCUT2D eigenvalue weighted by Gasteiger charge is 2.72. The molecule has 0 saturated heterocycles. The second-order valence-electron chi connectivity index (χ2n) is 11.9. The first kappa shape index (κ1) is 29.7. The van der Waals surface area contributed by atoms with Gasteiger partial charge >= 0.3 is 23.4 Å². The monoisotopic (exact) mass is 642 g/mol. The predicted molar refractivity (Wildman–Crippen MR) is 176 cm³/mol. The van der Waals surface area contributed by atoms with Crippen molar-refractivity contribution in [2.75, 3.05) is 6.54 Å². The number of carbonyl (C=O) groups is 3. The van der Waals surface area contributed by atoms with Gasteiger partial charge < -0.3 is 5.11 Å². The third kappa shape index (κ3) is 4.08. The number of rotatable bonds is 6. The predicted octanol–water partition coefficient (Wildman–Crippen LogP) is 6.92. The Morgan fingerprint density at radius 3 is 2.36 bits per heavy atom. The van der Waals surface area contributed by atoms with Crippen molar-refractivity contribution in [1.29, 1.82) is 0 Å². The van der Waals surface area contributed by atoms with Gasteiger partial charge in [-0.25, -0.2) is 14.6 Å². The molecule has 1 aliphatic carbocycles. The zero-order valence-corrected chi connectivity index (χ0v) is 26.7. The van der Waals surface area contributed by atoms with E-state index in [0.29, 0.717) is 45.5 Å². The standard InChI is InChI=1S/C34H32ClN5O4S/c1-3-18-39-29(41)22-14-8-9-15-23(22)30(42)40-28(20-12-6-5-7-13-20)37-38-32(40)34(39,33(43)44)36-27(24-16-10-11-17-26(24)35)25-19-21(4-2)45-31(25)40/h8-11,14-17,19-20H,3-7,12-13,18H2,1-2H3/p+1. The van der Waals surface area contributed by atoms with Crippen LogP contribution >= 0.6 is 22.9 Å². The number of thiophene rings is 1. The molecule has 1 aromatic heterocycles. The van der Waals surface area contributed by atoms with E-state index >= 15 is 4.79 Å². The fraction of sp³-hybridized carbons (Fsp3) is 0.353. The van der Waals surface area contributed by atoms with Crippen LogP contribution in [0.4, 0.5) is 5.00 Å². The molecule has 2 aromatic carbocycles. The second kappa shape index (κ2) is 11.1. The van der Waals surface area contributed by atoms with Gasteiger partial charge in [0.1, 0.15) is 0 Å². The van der Waals surface area contributed by atoms with Crippen LogP contribution in [0, 0.1) is 5.92 Å². The molecule has 0 radical (unpaired) electrons. The number of aryl methyl sites for hydroxylation is 1. The Morgan fingerprint density at radius 1 is 1.00 bits per heavy atom. The first-order valence-electron chi connectivity index (χ1n) is 15.5. The Bertz CT molecular complexity index is 1860. The summed E-state index contributed by atoms with van der Waals surface area (Å²) < 4.78 is -0.612. The first-order valence-corrected chi connectivity index (χ1v) is 16.7. The van der Waals surface area contributed by atoms with Crippen molar-refractivity contribution in [3.63, 3.8) is 0 Å². The zero-order chi connectivity index (χ0) is 31.5. The lowest BCUT2D eigenvalue weighted by molar-refractivity contribution is -0.145. The number of halogens is 1. The van der Waals surface area contributed by atoms with E-state index < -0.39 is 27.9 Å². The molecule has 11 heteroatoms. The number of amidine groups is 2. The fourth-order valence-corrected chi connectivity index (χ4v) is 8.72. The third-order valence-electron chi connectivity index (χ3n) is 9.34. The van der Waals surface area contributed by atoms with Gasteiger partial charge in [-0.1, -0.05) is 96.6 Å². The molecule has 7 rings (SSSR count). The zero-order valence-electron chi connectivity index (χ0n) is 25.1. The Kier molecular flexibility index (Phi) is 7.34. The van der Waals surface area contributed by atoms with Gasteiger partial charge in [0.25, 0.3) is 5.91 Å². The first-order chi connectivity index (χ1) is 21.8. The van der Waals surface area contributed by atoms with E-state index in [9.17, 15) is 14.7 Å². The summed E-state index contributed by atoms with van der Waals surface area (Å²) in [4.78, 5) is 51.5. The van der Waals surface area contributed by atoms with Crippen LogP contribution in [0.5, 0.6) is 0 Å². The van der Waals surface area contributed by atoms with Crippen LogP contribution in [0.3, 0.4) is 0 Å². The van der Waals surface area contributed by atoms with Crippen LogP contribution in [0.1, 0.15) is 89.1 Å². The second-order valence-corrected chi connectivity index (χ2v) is 13.4. The molecule has 3 aliphatic heterocycles. The maximum Gasteiger partial charge on any atom is 0.365 e. The minimum Gasteiger partial charge on any atom is -0.478 e. The number of aliphatic carboxylic acids is 1. The molecule has 2 unspecified atom stereocenters. The van der Waals surface area contributed by atoms with Crippen LogP contribution in [-0.4, -0.2) is 57.4 Å². The summed E-state index contributed by atoms with van der Waals surface area (Å²) in [7, 11) is 0. The summed E-state index contributed by atoms with van der Waals surface area (Å²) in [6, 6.07) is 15.8.